The number of hydrogen-bond donors (Lipinski definition) is 1. The first-order chi connectivity index (χ1) is 9.11. The maximum atomic E-state index is 3.77. The van der Waals surface area contributed by atoms with Crippen LogP contribution in [0.25, 0.3) is 0 Å². The highest BCUT2D eigenvalue weighted by Crippen LogP contribution is 2.32. The summed E-state index contributed by atoms with van der Waals surface area (Å²) in [5.41, 5.74) is 0. The first-order valence-electron chi connectivity index (χ1n) is 8.27. The van der Waals surface area contributed by atoms with Crippen LogP contribution in [0.1, 0.15) is 40.0 Å². The molecular weight excluding hydrogens is 234 g/mol. The normalized spacial score (nSPS) is 39.2. The maximum absolute atomic E-state index is 3.77. The van der Waals surface area contributed by atoms with Crippen molar-refractivity contribution in [2.75, 3.05) is 39.8 Å². The zero-order valence-corrected chi connectivity index (χ0v) is 13.4. The van der Waals surface area contributed by atoms with Crippen molar-refractivity contribution in [2.45, 2.75) is 52.1 Å². The monoisotopic (exact) mass is 267 g/mol. The molecule has 1 saturated carbocycles. The highest BCUT2D eigenvalue weighted by Gasteiger charge is 2.37. The van der Waals surface area contributed by atoms with Gasteiger partial charge in [-0.1, -0.05) is 20.8 Å². The smallest absolute Gasteiger partial charge is 0.0275 e. The van der Waals surface area contributed by atoms with Gasteiger partial charge in [-0.05, 0) is 57.8 Å². The summed E-state index contributed by atoms with van der Waals surface area (Å²) < 4.78 is 0. The molecule has 1 heterocycles. The lowest BCUT2D eigenvalue weighted by Crippen LogP contribution is -2.57. The predicted octanol–water partition coefficient (Wildman–Crippen LogP) is 2.04. The molecule has 2 rings (SSSR count). The lowest BCUT2D eigenvalue weighted by molar-refractivity contribution is 0.0649. The molecule has 2 fully saturated rings. The molecule has 0 amide bonds. The van der Waals surface area contributed by atoms with Crippen molar-refractivity contribution < 1.29 is 0 Å². The van der Waals surface area contributed by atoms with Gasteiger partial charge in [0.2, 0.25) is 0 Å². The Morgan fingerprint density at radius 1 is 1.05 bits per heavy atom. The third-order valence-corrected chi connectivity index (χ3v) is 5.07. The van der Waals surface area contributed by atoms with Crippen molar-refractivity contribution in [2.24, 2.45) is 11.8 Å². The number of nitrogens with one attached hydrogen (secondary N) is 1. The molecule has 112 valence electrons. The Bertz CT molecular complexity index is 269. The molecule has 0 aromatic rings. The quantitative estimate of drug-likeness (QED) is 0.844. The Morgan fingerprint density at radius 3 is 2.58 bits per heavy atom. The largest absolute Gasteiger partial charge is 0.313 e. The van der Waals surface area contributed by atoms with E-state index in [-0.39, 0.29) is 0 Å². The van der Waals surface area contributed by atoms with Crippen LogP contribution in [-0.4, -0.2) is 61.7 Å². The first kappa shape index (κ1) is 15.3. The highest BCUT2D eigenvalue weighted by molar-refractivity contribution is 4.94. The third kappa shape index (κ3) is 3.93. The average molecular weight is 267 g/mol. The Balaban J connectivity index is 2.04. The molecule has 1 N–H and O–H groups in total. The molecule has 0 spiro atoms. The molecule has 3 nitrogen and oxygen atoms in total. The van der Waals surface area contributed by atoms with Gasteiger partial charge >= 0.3 is 0 Å². The zero-order chi connectivity index (χ0) is 13.8. The van der Waals surface area contributed by atoms with Gasteiger partial charge in [-0.3, -0.25) is 4.90 Å². The van der Waals surface area contributed by atoms with Crippen molar-refractivity contribution in [1.29, 1.82) is 0 Å². The number of hydrogen-bond acceptors (Lipinski definition) is 3. The molecule has 19 heavy (non-hydrogen) atoms. The van der Waals surface area contributed by atoms with E-state index in [0.29, 0.717) is 6.04 Å². The molecule has 0 aromatic carbocycles. The van der Waals surface area contributed by atoms with Gasteiger partial charge in [0.05, 0.1) is 0 Å². The van der Waals surface area contributed by atoms with Gasteiger partial charge in [-0.15, -0.1) is 0 Å². The summed E-state index contributed by atoms with van der Waals surface area (Å²) in [5.74, 6) is 1.71. The van der Waals surface area contributed by atoms with E-state index in [1.807, 2.05) is 0 Å². The number of rotatable bonds is 3. The van der Waals surface area contributed by atoms with Gasteiger partial charge in [-0.2, -0.15) is 0 Å². The summed E-state index contributed by atoms with van der Waals surface area (Å²) in [7, 11) is 2.26. The molecule has 0 radical (unpaired) electrons. The third-order valence-electron chi connectivity index (χ3n) is 5.07. The van der Waals surface area contributed by atoms with E-state index in [4.69, 9.17) is 0 Å². The van der Waals surface area contributed by atoms with Crippen LogP contribution in [0.5, 0.6) is 0 Å². The van der Waals surface area contributed by atoms with E-state index in [0.717, 1.165) is 24.4 Å². The topological polar surface area (TPSA) is 18.5 Å². The summed E-state index contributed by atoms with van der Waals surface area (Å²) in [6, 6.07) is 1.45. The van der Waals surface area contributed by atoms with E-state index in [2.05, 4.69) is 42.9 Å². The average Bonchev–Trinajstić information content (AvgIpc) is 2.54. The fourth-order valence-electron chi connectivity index (χ4n) is 4.29. The van der Waals surface area contributed by atoms with E-state index >= 15 is 0 Å². The van der Waals surface area contributed by atoms with Crippen LogP contribution in [0.2, 0.25) is 0 Å². The van der Waals surface area contributed by atoms with Crippen LogP contribution >= 0.6 is 0 Å². The molecule has 4 unspecified atom stereocenters. The molecule has 1 aliphatic carbocycles. The van der Waals surface area contributed by atoms with Gasteiger partial charge < -0.3 is 10.2 Å². The van der Waals surface area contributed by atoms with Crippen LogP contribution in [-0.2, 0) is 0 Å². The van der Waals surface area contributed by atoms with Crippen molar-refractivity contribution >= 4 is 0 Å². The fourth-order valence-corrected chi connectivity index (χ4v) is 4.29. The molecule has 3 heteroatoms. The molecule has 1 saturated heterocycles. The van der Waals surface area contributed by atoms with Gasteiger partial charge in [0, 0.05) is 25.2 Å². The highest BCUT2D eigenvalue weighted by atomic mass is 15.2. The molecule has 0 bridgehead atoms. The Kier molecular flexibility index (Phi) is 5.67. The Hall–Kier alpha value is -0.120. The standard InChI is InChI=1S/C16H33N3/c1-5-17-15-12-13(2)11-14(3)16(15)19-8-6-7-18(4)9-10-19/h13-17H,5-12H2,1-4H3. The van der Waals surface area contributed by atoms with Crippen LogP contribution in [0.3, 0.4) is 0 Å². The van der Waals surface area contributed by atoms with Crippen LogP contribution in [0.4, 0.5) is 0 Å². The SMILES string of the molecule is CCNC1CC(C)CC(C)C1N1CCCN(C)CC1. The second kappa shape index (κ2) is 7.05. The molecule has 2 aliphatic rings. The zero-order valence-electron chi connectivity index (χ0n) is 13.4. The van der Waals surface area contributed by atoms with Gasteiger partial charge in [0.15, 0.2) is 0 Å². The van der Waals surface area contributed by atoms with Gasteiger partial charge in [0.1, 0.15) is 0 Å². The first-order valence-corrected chi connectivity index (χ1v) is 8.27. The second-order valence-electron chi connectivity index (χ2n) is 6.90. The summed E-state index contributed by atoms with van der Waals surface area (Å²) in [4.78, 5) is 5.27. The lowest BCUT2D eigenvalue weighted by atomic mass is 9.75. The van der Waals surface area contributed by atoms with E-state index in [1.165, 1.54) is 45.4 Å². The minimum atomic E-state index is 0.701. The molecule has 4 atom stereocenters. The fraction of sp³-hybridized carbons (Fsp3) is 1.00. The van der Waals surface area contributed by atoms with Crippen LogP contribution in [0, 0.1) is 11.8 Å². The van der Waals surface area contributed by atoms with Crippen molar-refractivity contribution in [3.8, 4) is 0 Å². The summed E-state index contributed by atoms with van der Waals surface area (Å²) >= 11 is 0. The Labute approximate surface area is 119 Å². The Morgan fingerprint density at radius 2 is 1.84 bits per heavy atom. The van der Waals surface area contributed by atoms with Crippen molar-refractivity contribution in [1.82, 2.24) is 15.1 Å². The lowest BCUT2D eigenvalue weighted by Gasteiger charge is -2.46. The second-order valence-corrected chi connectivity index (χ2v) is 6.90. The summed E-state index contributed by atoms with van der Waals surface area (Å²) in [6.45, 7) is 13.3. The summed E-state index contributed by atoms with van der Waals surface area (Å²) in [5, 5.41) is 3.77. The van der Waals surface area contributed by atoms with E-state index in [1.54, 1.807) is 0 Å². The van der Waals surface area contributed by atoms with E-state index in [9.17, 15) is 0 Å². The molecule has 1 aliphatic heterocycles. The predicted molar refractivity (Wildman–Crippen MR) is 82.5 cm³/mol. The van der Waals surface area contributed by atoms with E-state index < -0.39 is 0 Å². The van der Waals surface area contributed by atoms with Crippen LogP contribution < -0.4 is 5.32 Å². The van der Waals surface area contributed by atoms with Gasteiger partial charge in [-0.25, -0.2) is 0 Å². The number of nitrogens with zero attached hydrogens (tertiary/aromatic N) is 2. The van der Waals surface area contributed by atoms with Crippen LogP contribution in [0.15, 0.2) is 0 Å². The van der Waals surface area contributed by atoms with Crippen molar-refractivity contribution in [3.05, 3.63) is 0 Å². The van der Waals surface area contributed by atoms with Crippen molar-refractivity contribution in [3.63, 3.8) is 0 Å². The minimum absolute atomic E-state index is 0.701. The molecule has 0 aromatic heterocycles. The maximum Gasteiger partial charge on any atom is 0.0275 e. The summed E-state index contributed by atoms with van der Waals surface area (Å²) in [6.07, 6.45) is 4.09. The minimum Gasteiger partial charge on any atom is -0.313 e. The van der Waals surface area contributed by atoms with Gasteiger partial charge in [0.25, 0.3) is 0 Å². The number of likely N-dealkylation sites (N-methyl/N-ethyl adjacent to an activating group) is 2. The molecular formula is C16H33N3.